The first-order chi connectivity index (χ1) is 6.88. The lowest BCUT2D eigenvalue weighted by Gasteiger charge is -2.12. The van der Waals surface area contributed by atoms with Crippen LogP contribution in [0.3, 0.4) is 0 Å². The lowest BCUT2D eigenvalue weighted by molar-refractivity contribution is -0.0333. The number of halogens is 3. The molecule has 0 aromatic heterocycles. The molecule has 0 saturated carbocycles. The number of benzene rings is 1. The number of aryl methyl sites for hydroxylation is 1. The summed E-state index contributed by atoms with van der Waals surface area (Å²) in [5.41, 5.74) is -2.77. The standard InChI is InChI=1S/C10H11F3OS/c1-7-2-4-8(5-3-7)9(14)6-15-10(11,12)13/h2-5,9,14H,6H2,1H3. The molecule has 1 unspecified atom stereocenters. The third-order valence-corrected chi connectivity index (χ3v) is 2.68. The van der Waals surface area contributed by atoms with E-state index in [1.165, 1.54) is 0 Å². The normalized spacial score (nSPS) is 13.9. The Morgan fingerprint density at radius 3 is 2.27 bits per heavy atom. The molecule has 0 saturated heterocycles. The molecule has 84 valence electrons. The molecule has 1 nitrogen and oxygen atoms in total. The minimum atomic E-state index is -4.29. The van der Waals surface area contributed by atoms with Crippen molar-refractivity contribution in [3.63, 3.8) is 0 Å². The molecule has 1 rings (SSSR count). The van der Waals surface area contributed by atoms with E-state index >= 15 is 0 Å². The van der Waals surface area contributed by atoms with Crippen LogP contribution in [0.4, 0.5) is 13.2 Å². The van der Waals surface area contributed by atoms with Crippen molar-refractivity contribution in [1.82, 2.24) is 0 Å². The van der Waals surface area contributed by atoms with Crippen molar-refractivity contribution in [3.8, 4) is 0 Å². The van der Waals surface area contributed by atoms with Crippen LogP contribution in [0.15, 0.2) is 24.3 Å². The number of hydrogen-bond acceptors (Lipinski definition) is 2. The van der Waals surface area contributed by atoms with Gasteiger partial charge < -0.3 is 5.11 Å². The van der Waals surface area contributed by atoms with Crippen molar-refractivity contribution in [1.29, 1.82) is 0 Å². The van der Waals surface area contributed by atoms with E-state index in [1.807, 2.05) is 6.92 Å². The zero-order valence-corrected chi connectivity index (χ0v) is 8.90. The molecule has 0 radical (unpaired) electrons. The number of rotatable bonds is 3. The molecular weight excluding hydrogens is 225 g/mol. The summed E-state index contributed by atoms with van der Waals surface area (Å²) in [5, 5.41) is 9.45. The Morgan fingerprint density at radius 2 is 1.80 bits per heavy atom. The predicted octanol–water partition coefficient (Wildman–Crippen LogP) is 3.28. The van der Waals surface area contributed by atoms with E-state index in [0.29, 0.717) is 5.56 Å². The molecule has 0 aliphatic carbocycles. The maximum absolute atomic E-state index is 11.8. The van der Waals surface area contributed by atoms with E-state index in [-0.39, 0.29) is 17.5 Å². The van der Waals surface area contributed by atoms with Gasteiger partial charge in [-0.1, -0.05) is 29.8 Å². The highest BCUT2D eigenvalue weighted by molar-refractivity contribution is 8.00. The van der Waals surface area contributed by atoms with Crippen LogP contribution in [0, 0.1) is 6.92 Å². The van der Waals surface area contributed by atoms with Crippen LogP contribution in [-0.2, 0) is 0 Å². The van der Waals surface area contributed by atoms with E-state index in [0.717, 1.165) is 5.56 Å². The summed E-state index contributed by atoms with van der Waals surface area (Å²) < 4.78 is 35.5. The highest BCUT2D eigenvalue weighted by Crippen LogP contribution is 2.33. The van der Waals surface area contributed by atoms with Gasteiger partial charge in [-0.05, 0) is 24.2 Å². The largest absolute Gasteiger partial charge is 0.441 e. The average molecular weight is 236 g/mol. The fourth-order valence-corrected chi connectivity index (χ4v) is 1.60. The summed E-state index contributed by atoms with van der Waals surface area (Å²) in [6.45, 7) is 1.88. The second kappa shape index (κ2) is 4.90. The van der Waals surface area contributed by atoms with E-state index in [2.05, 4.69) is 0 Å². The monoisotopic (exact) mass is 236 g/mol. The van der Waals surface area contributed by atoms with E-state index in [9.17, 15) is 18.3 Å². The first-order valence-electron chi connectivity index (χ1n) is 4.34. The van der Waals surface area contributed by atoms with Gasteiger partial charge in [0.2, 0.25) is 0 Å². The molecule has 0 aliphatic rings. The van der Waals surface area contributed by atoms with Crippen molar-refractivity contribution in [2.75, 3.05) is 5.75 Å². The Kier molecular flexibility index (Phi) is 4.04. The van der Waals surface area contributed by atoms with Crippen LogP contribution in [-0.4, -0.2) is 16.4 Å². The zero-order valence-electron chi connectivity index (χ0n) is 8.08. The first-order valence-corrected chi connectivity index (χ1v) is 5.32. The average Bonchev–Trinajstić information content (AvgIpc) is 2.14. The highest BCUT2D eigenvalue weighted by atomic mass is 32.2. The Bertz CT molecular complexity index is 307. The van der Waals surface area contributed by atoms with E-state index in [1.54, 1.807) is 24.3 Å². The van der Waals surface area contributed by atoms with Gasteiger partial charge in [0.05, 0.1) is 6.10 Å². The van der Waals surface area contributed by atoms with Crippen LogP contribution >= 0.6 is 11.8 Å². The maximum Gasteiger partial charge on any atom is 0.441 e. The van der Waals surface area contributed by atoms with Crippen LogP contribution in [0.2, 0.25) is 0 Å². The number of alkyl halides is 3. The zero-order chi connectivity index (χ0) is 11.5. The molecule has 1 aromatic carbocycles. The van der Waals surface area contributed by atoms with Gasteiger partial charge in [-0.2, -0.15) is 13.2 Å². The fraction of sp³-hybridized carbons (Fsp3) is 0.400. The Balaban J connectivity index is 2.54. The number of aliphatic hydroxyl groups excluding tert-OH is 1. The Morgan fingerprint density at radius 1 is 1.27 bits per heavy atom. The molecule has 0 bridgehead atoms. The van der Waals surface area contributed by atoms with Gasteiger partial charge in [-0.15, -0.1) is 0 Å². The second-order valence-electron chi connectivity index (χ2n) is 3.18. The number of hydrogen-bond donors (Lipinski definition) is 1. The summed E-state index contributed by atoms with van der Waals surface area (Å²) in [6.07, 6.45) is -1.07. The molecule has 0 aliphatic heterocycles. The summed E-state index contributed by atoms with van der Waals surface area (Å²) in [6, 6.07) is 6.79. The van der Waals surface area contributed by atoms with Crippen LogP contribution in [0.5, 0.6) is 0 Å². The molecule has 0 spiro atoms. The van der Waals surface area contributed by atoms with Gasteiger partial charge in [0.15, 0.2) is 0 Å². The van der Waals surface area contributed by atoms with Gasteiger partial charge in [0.1, 0.15) is 0 Å². The lowest BCUT2D eigenvalue weighted by atomic mass is 10.1. The van der Waals surface area contributed by atoms with E-state index in [4.69, 9.17) is 0 Å². The quantitative estimate of drug-likeness (QED) is 0.869. The molecule has 15 heavy (non-hydrogen) atoms. The van der Waals surface area contributed by atoms with Crippen molar-refractivity contribution in [2.45, 2.75) is 18.5 Å². The van der Waals surface area contributed by atoms with Gasteiger partial charge in [-0.3, -0.25) is 0 Å². The smallest absolute Gasteiger partial charge is 0.388 e. The summed E-state index contributed by atoms with van der Waals surface area (Å²) in [4.78, 5) is 0. The summed E-state index contributed by atoms with van der Waals surface area (Å²) >= 11 is -0.209. The molecular formula is C10H11F3OS. The molecule has 0 amide bonds. The Hall–Kier alpha value is -0.680. The molecule has 1 atom stereocenters. The van der Waals surface area contributed by atoms with Crippen molar-refractivity contribution >= 4 is 11.8 Å². The SMILES string of the molecule is Cc1ccc(C(O)CSC(F)(F)F)cc1. The summed E-state index contributed by atoms with van der Waals surface area (Å²) in [5.74, 6) is -0.368. The first kappa shape index (κ1) is 12.4. The van der Waals surface area contributed by atoms with Crippen LogP contribution in [0.1, 0.15) is 17.2 Å². The fourth-order valence-electron chi connectivity index (χ4n) is 1.06. The number of aliphatic hydroxyl groups is 1. The Labute approximate surface area is 90.3 Å². The lowest BCUT2D eigenvalue weighted by Crippen LogP contribution is -2.07. The van der Waals surface area contributed by atoms with Crippen molar-refractivity contribution < 1.29 is 18.3 Å². The topological polar surface area (TPSA) is 20.2 Å². The molecule has 0 heterocycles. The van der Waals surface area contributed by atoms with Crippen LogP contribution < -0.4 is 0 Å². The van der Waals surface area contributed by atoms with Crippen molar-refractivity contribution in [3.05, 3.63) is 35.4 Å². The van der Waals surface area contributed by atoms with Crippen LogP contribution in [0.25, 0.3) is 0 Å². The van der Waals surface area contributed by atoms with Gasteiger partial charge in [-0.25, -0.2) is 0 Å². The molecule has 1 aromatic rings. The van der Waals surface area contributed by atoms with E-state index < -0.39 is 11.6 Å². The maximum atomic E-state index is 11.8. The third kappa shape index (κ3) is 4.57. The van der Waals surface area contributed by atoms with Gasteiger partial charge >= 0.3 is 5.51 Å². The van der Waals surface area contributed by atoms with Gasteiger partial charge in [0, 0.05) is 5.75 Å². The second-order valence-corrected chi connectivity index (χ2v) is 4.27. The minimum Gasteiger partial charge on any atom is -0.388 e. The third-order valence-electron chi connectivity index (χ3n) is 1.87. The molecule has 0 fully saturated rings. The minimum absolute atomic E-state index is 0.209. The molecule has 1 N–H and O–H groups in total. The highest BCUT2D eigenvalue weighted by Gasteiger charge is 2.29. The summed E-state index contributed by atoms with van der Waals surface area (Å²) in [7, 11) is 0. The van der Waals surface area contributed by atoms with Gasteiger partial charge in [0.25, 0.3) is 0 Å². The molecule has 5 heteroatoms. The number of thioether (sulfide) groups is 1. The predicted molar refractivity (Wildman–Crippen MR) is 54.7 cm³/mol. The van der Waals surface area contributed by atoms with Crippen molar-refractivity contribution in [2.24, 2.45) is 0 Å².